The van der Waals surface area contributed by atoms with E-state index in [1.165, 1.54) is 11.1 Å². The van der Waals surface area contributed by atoms with E-state index in [9.17, 15) is 0 Å². The van der Waals surface area contributed by atoms with Gasteiger partial charge < -0.3 is 0 Å². The van der Waals surface area contributed by atoms with Crippen LogP contribution in [-0.4, -0.2) is 5.71 Å². The summed E-state index contributed by atoms with van der Waals surface area (Å²) in [6, 6.07) is 16.1. The molecule has 0 saturated carbocycles. The standard InChI is InChI=1S/C15H15N/c1-11-3-7-13(8-4-11)15(16)14-9-5-12(2)6-10-14/h3-10,16H,1-2H3. The molecule has 0 fully saturated rings. The molecule has 1 nitrogen and oxygen atoms in total. The fourth-order valence-electron chi connectivity index (χ4n) is 1.61. The molecule has 16 heavy (non-hydrogen) atoms. The van der Waals surface area contributed by atoms with E-state index in [0.717, 1.165) is 11.1 Å². The number of hydrogen-bond acceptors (Lipinski definition) is 1. The summed E-state index contributed by atoms with van der Waals surface area (Å²) < 4.78 is 0. The Hall–Kier alpha value is -1.89. The van der Waals surface area contributed by atoms with E-state index in [1.807, 2.05) is 48.5 Å². The maximum atomic E-state index is 8.11. The van der Waals surface area contributed by atoms with Crippen molar-refractivity contribution >= 4 is 5.71 Å². The van der Waals surface area contributed by atoms with Crippen LogP contribution in [0.3, 0.4) is 0 Å². The molecule has 0 aliphatic heterocycles. The Kier molecular flexibility index (Phi) is 2.86. The molecule has 1 N–H and O–H groups in total. The van der Waals surface area contributed by atoms with Gasteiger partial charge in [0.25, 0.3) is 0 Å². The van der Waals surface area contributed by atoms with Gasteiger partial charge in [0.05, 0.1) is 5.71 Å². The lowest BCUT2D eigenvalue weighted by Gasteiger charge is -2.05. The fraction of sp³-hybridized carbons (Fsp3) is 0.133. The van der Waals surface area contributed by atoms with Gasteiger partial charge in [-0.05, 0) is 13.8 Å². The minimum Gasteiger partial charge on any atom is -0.300 e. The molecule has 0 heterocycles. The summed E-state index contributed by atoms with van der Waals surface area (Å²) in [7, 11) is 0. The summed E-state index contributed by atoms with van der Waals surface area (Å²) in [5.74, 6) is 0. The van der Waals surface area contributed by atoms with Crippen molar-refractivity contribution in [3.63, 3.8) is 0 Å². The average Bonchev–Trinajstić information content (AvgIpc) is 2.30. The summed E-state index contributed by atoms with van der Waals surface area (Å²) in [6.45, 7) is 4.11. The Balaban J connectivity index is 2.32. The van der Waals surface area contributed by atoms with Crippen molar-refractivity contribution in [2.75, 3.05) is 0 Å². The Morgan fingerprint density at radius 1 is 0.688 bits per heavy atom. The van der Waals surface area contributed by atoms with E-state index < -0.39 is 0 Å². The molecular weight excluding hydrogens is 194 g/mol. The number of hydrogen-bond donors (Lipinski definition) is 1. The molecule has 0 saturated heterocycles. The first-order valence-electron chi connectivity index (χ1n) is 5.39. The lowest BCUT2D eigenvalue weighted by molar-refractivity contribution is 1.40. The van der Waals surface area contributed by atoms with Gasteiger partial charge in [0, 0.05) is 11.1 Å². The zero-order valence-electron chi connectivity index (χ0n) is 9.62. The van der Waals surface area contributed by atoms with Crippen LogP contribution in [0, 0.1) is 19.3 Å². The smallest absolute Gasteiger partial charge is 0.0684 e. The predicted octanol–water partition coefficient (Wildman–Crippen LogP) is 3.72. The minimum atomic E-state index is 0.583. The topological polar surface area (TPSA) is 23.9 Å². The van der Waals surface area contributed by atoms with E-state index in [0.29, 0.717) is 5.71 Å². The normalized spacial score (nSPS) is 10.1. The highest BCUT2D eigenvalue weighted by molar-refractivity contribution is 6.10. The quantitative estimate of drug-likeness (QED) is 0.729. The van der Waals surface area contributed by atoms with Crippen LogP contribution in [0.25, 0.3) is 0 Å². The molecule has 0 amide bonds. The number of aryl methyl sites for hydroxylation is 2. The van der Waals surface area contributed by atoms with Gasteiger partial charge in [-0.15, -0.1) is 0 Å². The Morgan fingerprint density at radius 2 is 1.00 bits per heavy atom. The third-order valence-corrected chi connectivity index (χ3v) is 2.68. The molecule has 0 unspecified atom stereocenters. The third kappa shape index (κ3) is 2.19. The van der Waals surface area contributed by atoms with Crippen LogP contribution in [0.4, 0.5) is 0 Å². The highest BCUT2D eigenvalue weighted by Gasteiger charge is 2.03. The summed E-state index contributed by atoms with van der Waals surface area (Å²) in [6.07, 6.45) is 0. The zero-order chi connectivity index (χ0) is 11.5. The summed E-state index contributed by atoms with van der Waals surface area (Å²) in [5, 5.41) is 8.11. The van der Waals surface area contributed by atoms with Crippen molar-refractivity contribution in [3.8, 4) is 0 Å². The van der Waals surface area contributed by atoms with Crippen LogP contribution < -0.4 is 0 Å². The molecule has 0 atom stereocenters. The molecule has 0 radical (unpaired) electrons. The zero-order valence-corrected chi connectivity index (χ0v) is 9.62. The fourth-order valence-corrected chi connectivity index (χ4v) is 1.61. The number of nitrogens with one attached hydrogen (secondary N) is 1. The summed E-state index contributed by atoms with van der Waals surface area (Å²) in [4.78, 5) is 0. The largest absolute Gasteiger partial charge is 0.300 e. The van der Waals surface area contributed by atoms with Gasteiger partial charge in [-0.3, -0.25) is 5.41 Å². The molecule has 0 bridgehead atoms. The van der Waals surface area contributed by atoms with Gasteiger partial charge >= 0.3 is 0 Å². The average molecular weight is 209 g/mol. The first-order chi connectivity index (χ1) is 7.66. The molecule has 80 valence electrons. The van der Waals surface area contributed by atoms with E-state index in [1.54, 1.807) is 0 Å². The Labute approximate surface area is 96.3 Å². The molecule has 0 aliphatic rings. The molecule has 0 aliphatic carbocycles. The molecule has 2 aromatic carbocycles. The van der Waals surface area contributed by atoms with Gasteiger partial charge in [-0.25, -0.2) is 0 Å². The second kappa shape index (κ2) is 4.31. The Morgan fingerprint density at radius 3 is 1.31 bits per heavy atom. The van der Waals surface area contributed by atoms with Crippen molar-refractivity contribution in [2.24, 2.45) is 0 Å². The maximum absolute atomic E-state index is 8.11. The maximum Gasteiger partial charge on any atom is 0.0684 e. The van der Waals surface area contributed by atoms with Crippen LogP contribution in [0.2, 0.25) is 0 Å². The second-order valence-electron chi connectivity index (χ2n) is 4.11. The molecule has 0 aromatic heterocycles. The van der Waals surface area contributed by atoms with E-state index in [4.69, 9.17) is 5.41 Å². The first-order valence-corrected chi connectivity index (χ1v) is 5.39. The van der Waals surface area contributed by atoms with Gasteiger partial charge in [-0.1, -0.05) is 59.7 Å². The number of rotatable bonds is 2. The summed E-state index contributed by atoms with van der Waals surface area (Å²) in [5.41, 5.74) is 4.96. The van der Waals surface area contributed by atoms with Gasteiger partial charge in [0.1, 0.15) is 0 Å². The molecule has 2 aromatic rings. The Bertz CT molecular complexity index is 444. The third-order valence-electron chi connectivity index (χ3n) is 2.68. The van der Waals surface area contributed by atoms with Crippen molar-refractivity contribution in [1.29, 1.82) is 5.41 Å². The van der Waals surface area contributed by atoms with E-state index in [2.05, 4.69) is 13.8 Å². The number of benzene rings is 2. The highest BCUT2D eigenvalue weighted by Crippen LogP contribution is 2.11. The molecular formula is C15H15N. The lowest BCUT2D eigenvalue weighted by atomic mass is 10.0. The first kappa shape index (κ1) is 10.6. The predicted molar refractivity (Wildman–Crippen MR) is 68.3 cm³/mol. The molecule has 1 heteroatoms. The summed E-state index contributed by atoms with van der Waals surface area (Å²) >= 11 is 0. The SMILES string of the molecule is Cc1ccc(C(=N)c2ccc(C)cc2)cc1. The highest BCUT2D eigenvalue weighted by atomic mass is 14.4. The van der Waals surface area contributed by atoms with Crippen LogP contribution in [-0.2, 0) is 0 Å². The minimum absolute atomic E-state index is 0.583. The lowest BCUT2D eigenvalue weighted by Crippen LogP contribution is -2.00. The molecule has 2 rings (SSSR count). The second-order valence-corrected chi connectivity index (χ2v) is 4.11. The van der Waals surface area contributed by atoms with Crippen molar-refractivity contribution < 1.29 is 0 Å². The van der Waals surface area contributed by atoms with Crippen LogP contribution >= 0.6 is 0 Å². The van der Waals surface area contributed by atoms with Crippen LogP contribution in [0.5, 0.6) is 0 Å². The van der Waals surface area contributed by atoms with Gasteiger partial charge in [-0.2, -0.15) is 0 Å². The van der Waals surface area contributed by atoms with Crippen molar-refractivity contribution in [2.45, 2.75) is 13.8 Å². The van der Waals surface area contributed by atoms with E-state index >= 15 is 0 Å². The monoisotopic (exact) mass is 209 g/mol. The van der Waals surface area contributed by atoms with Gasteiger partial charge in [0.2, 0.25) is 0 Å². The van der Waals surface area contributed by atoms with Crippen LogP contribution in [0.1, 0.15) is 22.3 Å². The molecule has 0 spiro atoms. The van der Waals surface area contributed by atoms with Gasteiger partial charge in [0.15, 0.2) is 0 Å². The van der Waals surface area contributed by atoms with Crippen molar-refractivity contribution in [1.82, 2.24) is 0 Å². The van der Waals surface area contributed by atoms with Crippen LogP contribution in [0.15, 0.2) is 48.5 Å². The van der Waals surface area contributed by atoms with E-state index in [-0.39, 0.29) is 0 Å². The van der Waals surface area contributed by atoms with Crippen molar-refractivity contribution in [3.05, 3.63) is 70.8 Å².